The minimum absolute atomic E-state index is 0.241. The lowest BCUT2D eigenvalue weighted by Crippen LogP contribution is -2.30. The van der Waals surface area contributed by atoms with Gasteiger partial charge in [0.25, 0.3) is 5.91 Å². The lowest BCUT2D eigenvalue weighted by Gasteiger charge is -2.11. The minimum Gasteiger partial charge on any atom is -0.490 e. The van der Waals surface area contributed by atoms with E-state index in [0.717, 1.165) is 6.42 Å². The number of rotatable bonds is 4. The van der Waals surface area contributed by atoms with E-state index in [-0.39, 0.29) is 5.56 Å². The number of fused-ring (bicyclic) bond motifs is 1. The molecule has 1 amide bonds. The molecule has 1 aromatic heterocycles. The second-order valence-electron chi connectivity index (χ2n) is 5.73. The van der Waals surface area contributed by atoms with Gasteiger partial charge in [0.1, 0.15) is 11.3 Å². The predicted molar refractivity (Wildman–Crippen MR) is 88.3 cm³/mol. The van der Waals surface area contributed by atoms with Crippen LogP contribution in [0.2, 0.25) is 0 Å². The van der Waals surface area contributed by atoms with E-state index >= 15 is 0 Å². The first-order valence-corrected chi connectivity index (χ1v) is 7.89. The summed E-state index contributed by atoms with van der Waals surface area (Å²) in [5, 5.41) is 4.33. The van der Waals surface area contributed by atoms with Crippen molar-refractivity contribution < 1.29 is 23.8 Å². The van der Waals surface area contributed by atoms with Crippen LogP contribution in [0.25, 0.3) is 11.3 Å². The molecule has 2 N–H and O–H groups in total. The van der Waals surface area contributed by atoms with Crippen LogP contribution < -0.4 is 15.2 Å². The topological polar surface area (TPSA) is 106 Å². The van der Waals surface area contributed by atoms with Crippen molar-refractivity contribution in [1.82, 2.24) is 9.78 Å². The van der Waals surface area contributed by atoms with E-state index in [4.69, 9.17) is 19.9 Å². The molecule has 2 aromatic rings. The Hall–Kier alpha value is -3.03. The maximum Gasteiger partial charge on any atom is 0.342 e. The summed E-state index contributed by atoms with van der Waals surface area (Å²) in [6.45, 7) is 2.58. The number of aromatic nitrogens is 2. The minimum atomic E-state index is -1.02. The van der Waals surface area contributed by atoms with Gasteiger partial charge in [-0.2, -0.15) is 5.10 Å². The van der Waals surface area contributed by atoms with Crippen LogP contribution in [0.15, 0.2) is 24.4 Å². The van der Waals surface area contributed by atoms with Gasteiger partial charge < -0.3 is 19.9 Å². The molecule has 2 heterocycles. The zero-order valence-corrected chi connectivity index (χ0v) is 14.0. The summed E-state index contributed by atoms with van der Waals surface area (Å²) >= 11 is 0. The molecule has 0 bridgehead atoms. The number of ether oxygens (including phenoxy) is 3. The first-order chi connectivity index (χ1) is 12.0. The van der Waals surface area contributed by atoms with Crippen LogP contribution in [0.4, 0.5) is 0 Å². The number of carbonyl (C=O) groups is 2. The fourth-order valence-corrected chi connectivity index (χ4v) is 2.44. The standard InChI is InChI=1S/C17H19N3O5/c1-10(16(18)21)25-17(22)12-9-20(2)19-15(12)11-4-5-13-14(8-11)24-7-3-6-23-13/h4-5,8-10H,3,6-7H2,1-2H3,(H2,18,21). The summed E-state index contributed by atoms with van der Waals surface area (Å²) in [4.78, 5) is 23.5. The zero-order valence-electron chi connectivity index (χ0n) is 14.0. The third-order valence-electron chi connectivity index (χ3n) is 3.75. The molecule has 132 valence electrons. The van der Waals surface area contributed by atoms with Crippen molar-refractivity contribution in [2.45, 2.75) is 19.4 Å². The number of carbonyl (C=O) groups excluding carboxylic acids is 2. The number of amides is 1. The Bertz CT molecular complexity index is 815. The molecular formula is C17H19N3O5. The Morgan fingerprint density at radius 1 is 1.28 bits per heavy atom. The summed E-state index contributed by atoms with van der Waals surface area (Å²) in [7, 11) is 1.70. The van der Waals surface area contributed by atoms with Gasteiger partial charge in [-0.25, -0.2) is 4.79 Å². The van der Waals surface area contributed by atoms with Crippen LogP contribution in [-0.2, 0) is 16.6 Å². The summed E-state index contributed by atoms with van der Waals surface area (Å²) in [5.74, 6) is -0.120. The molecule has 1 aliphatic heterocycles. The third-order valence-corrected chi connectivity index (χ3v) is 3.75. The maximum absolute atomic E-state index is 12.4. The molecule has 0 spiro atoms. The van der Waals surface area contributed by atoms with Crippen molar-refractivity contribution in [2.24, 2.45) is 12.8 Å². The van der Waals surface area contributed by atoms with Crippen molar-refractivity contribution in [1.29, 1.82) is 0 Å². The van der Waals surface area contributed by atoms with Gasteiger partial charge in [0, 0.05) is 25.2 Å². The summed E-state index contributed by atoms with van der Waals surface area (Å²) < 4.78 is 17.9. The van der Waals surface area contributed by atoms with Gasteiger partial charge in [0.2, 0.25) is 0 Å². The molecule has 1 aromatic carbocycles. The molecule has 3 rings (SSSR count). The molecule has 0 radical (unpaired) electrons. The number of primary amides is 1. The van der Waals surface area contributed by atoms with Gasteiger partial charge in [-0.3, -0.25) is 9.48 Å². The van der Waals surface area contributed by atoms with Crippen LogP contribution in [-0.4, -0.2) is 41.0 Å². The quantitative estimate of drug-likeness (QED) is 0.837. The fourth-order valence-electron chi connectivity index (χ4n) is 2.44. The van der Waals surface area contributed by atoms with Gasteiger partial charge in [0.15, 0.2) is 17.6 Å². The lowest BCUT2D eigenvalue weighted by molar-refractivity contribution is -0.125. The Labute approximate surface area is 144 Å². The first-order valence-electron chi connectivity index (χ1n) is 7.89. The third kappa shape index (κ3) is 3.57. The van der Waals surface area contributed by atoms with E-state index in [1.54, 1.807) is 25.2 Å². The number of benzene rings is 1. The average molecular weight is 345 g/mol. The molecular weight excluding hydrogens is 326 g/mol. The maximum atomic E-state index is 12.4. The van der Waals surface area contributed by atoms with E-state index in [1.165, 1.54) is 17.8 Å². The normalized spacial score (nSPS) is 14.5. The highest BCUT2D eigenvalue weighted by atomic mass is 16.5. The van der Waals surface area contributed by atoms with Gasteiger partial charge in [-0.1, -0.05) is 0 Å². The number of aryl methyl sites for hydroxylation is 1. The first kappa shape index (κ1) is 16.8. The number of esters is 1. The molecule has 25 heavy (non-hydrogen) atoms. The zero-order chi connectivity index (χ0) is 18.0. The molecule has 0 fully saturated rings. The number of nitrogens with two attached hydrogens (primary N) is 1. The second-order valence-corrected chi connectivity index (χ2v) is 5.73. The van der Waals surface area contributed by atoms with Crippen LogP contribution >= 0.6 is 0 Å². The highest BCUT2D eigenvalue weighted by molar-refractivity contribution is 5.97. The number of hydrogen-bond donors (Lipinski definition) is 1. The summed E-state index contributed by atoms with van der Waals surface area (Å²) in [6.07, 6.45) is 1.31. The molecule has 0 saturated heterocycles. The van der Waals surface area contributed by atoms with Crippen molar-refractivity contribution >= 4 is 11.9 Å². The molecule has 1 aliphatic rings. The van der Waals surface area contributed by atoms with Crippen LogP contribution in [0.1, 0.15) is 23.7 Å². The highest BCUT2D eigenvalue weighted by Crippen LogP contribution is 2.34. The predicted octanol–water partition coefficient (Wildman–Crippen LogP) is 1.28. The molecule has 1 atom stereocenters. The molecule has 0 aliphatic carbocycles. The smallest absolute Gasteiger partial charge is 0.342 e. The van der Waals surface area contributed by atoms with Gasteiger partial charge >= 0.3 is 5.97 Å². The van der Waals surface area contributed by atoms with Crippen molar-refractivity contribution in [3.05, 3.63) is 30.0 Å². The van der Waals surface area contributed by atoms with Gasteiger partial charge in [-0.05, 0) is 25.1 Å². The Morgan fingerprint density at radius 3 is 2.72 bits per heavy atom. The Kier molecular flexibility index (Phi) is 4.60. The average Bonchev–Trinajstić information content (AvgIpc) is 2.82. The largest absolute Gasteiger partial charge is 0.490 e. The Morgan fingerprint density at radius 2 is 2.00 bits per heavy atom. The Balaban J connectivity index is 1.94. The van der Waals surface area contributed by atoms with E-state index in [2.05, 4.69) is 5.10 Å². The van der Waals surface area contributed by atoms with Crippen molar-refractivity contribution in [3.8, 4) is 22.8 Å². The van der Waals surface area contributed by atoms with Crippen molar-refractivity contribution in [2.75, 3.05) is 13.2 Å². The molecule has 8 heteroatoms. The van der Waals surface area contributed by atoms with Gasteiger partial charge in [-0.15, -0.1) is 0 Å². The van der Waals surface area contributed by atoms with Crippen LogP contribution in [0, 0.1) is 0 Å². The summed E-state index contributed by atoms with van der Waals surface area (Å²) in [6, 6.07) is 5.35. The van der Waals surface area contributed by atoms with Gasteiger partial charge in [0.05, 0.1) is 13.2 Å². The van der Waals surface area contributed by atoms with E-state index in [9.17, 15) is 9.59 Å². The monoisotopic (exact) mass is 345 g/mol. The SMILES string of the molecule is CC(OC(=O)c1cn(C)nc1-c1ccc2c(c1)OCCCO2)C(N)=O. The van der Waals surface area contributed by atoms with Crippen LogP contribution in [0.3, 0.4) is 0 Å². The van der Waals surface area contributed by atoms with E-state index < -0.39 is 18.0 Å². The van der Waals surface area contributed by atoms with Crippen molar-refractivity contribution in [3.63, 3.8) is 0 Å². The highest BCUT2D eigenvalue weighted by Gasteiger charge is 2.23. The van der Waals surface area contributed by atoms with E-state index in [1.807, 2.05) is 0 Å². The fraction of sp³-hybridized carbons (Fsp3) is 0.353. The number of nitrogens with zero attached hydrogens (tertiary/aromatic N) is 2. The molecule has 1 unspecified atom stereocenters. The number of hydrogen-bond acceptors (Lipinski definition) is 6. The lowest BCUT2D eigenvalue weighted by atomic mass is 10.1. The molecule has 0 saturated carbocycles. The van der Waals surface area contributed by atoms with E-state index in [0.29, 0.717) is 36.0 Å². The summed E-state index contributed by atoms with van der Waals surface area (Å²) in [5.41, 5.74) is 6.50. The second kappa shape index (κ2) is 6.84. The molecule has 8 nitrogen and oxygen atoms in total. The van der Waals surface area contributed by atoms with Crippen LogP contribution in [0.5, 0.6) is 11.5 Å².